The molecule has 1 heterocycles. The number of oxime groups is 1. The smallest absolute Gasteiger partial charge is 0.173 e. The number of rotatable bonds is 6. The summed E-state index contributed by atoms with van der Waals surface area (Å²) in [5.74, 6) is 1.23. The van der Waals surface area contributed by atoms with E-state index < -0.39 is 0 Å². The van der Waals surface area contributed by atoms with E-state index in [2.05, 4.69) is 38.1 Å². The average Bonchev–Trinajstić information content (AvgIpc) is 2.93. The van der Waals surface area contributed by atoms with Crippen molar-refractivity contribution in [1.29, 1.82) is 0 Å². The highest BCUT2D eigenvalue weighted by molar-refractivity contribution is 9.10. The van der Waals surface area contributed by atoms with Crippen LogP contribution in [-0.2, 0) is 13.2 Å². The third-order valence-corrected chi connectivity index (χ3v) is 3.31. The standard InChI is InChI=1S/C13H16BrN5O2/c1-2-5-19-12(16-8-17-19)7-21-11-4-3-9(14)6-10(11)13(15)18-20/h3-4,6,8,20H,2,5,7H2,1H3,(H2,15,18). The minimum atomic E-state index is -0.0127. The number of halogens is 1. The van der Waals surface area contributed by atoms with Crippen molar-refractivity contribution in [3.05, 3.63) is 40.4 Å². The van der Waals surface area contributed by atoms with E-state index in [9.17, 15) is 0 Å². The van der Waals surface area contributed by atoms with Crippen LogP contribution in [0.2, 0.25) is 0 Å². The molecule has 2 rings (SSSR count). The van der Waals surface area contributed by atoms with Gasteiger partial charge in [-0.2, -0.15) is 5.10 Å². The van der Waals surface area contributed by atoms with E-state index >= 15 is 0 Å². The second kappa shape index (κ2) is 7.07. The summed E-state index contributed by atoms with van der Waals surface area (Å²) >= 11 is 3.34. The summed E-state index contributed by atoms with van der Waals surface area (Å²) in [6.07, 6.45) is 2.46. The van der Waals surface area contributed by atoms with Gasteiger partial charge in [-0.05, 0) is 24.6 Å². The number of nitrogens with zero attached hydrogens (tertiary/aromatic N) is 4. The van der Waals surface area contributed by atoms with Crippen molar-refractivity contribution >= 4 is 21.8 Å². The molecule has 0 aliphatic carbocycles. The van der Waals surface area contributed by atoms with E-state index in [1.807, 2.05) is 6.07 Å². The van der Waals surface area contributed by atoms with Crippen molar-refractivity contribution in [1.82, 2.24) is 14.8 Å². The van der Waals surface area contributed by atoms with Crippen LogP contribution in [0.5, 0.6) is 5.75 Å². The number of hydrogen-bond donors (Lipinski definition) is 2. The minimum Gasteiger partial charge on any atom is -0.485 e. The van der Waals surface area contributed by atoms with E-state index in [4.69, 9.17) is 15.7 Å². The number of hydrogen-bond acceptors (Lipinski definition) is 5. The highest BCUT2D eigenvalue weighted by Gasteiger charge is 2.11. The van der Waals surface area contributed by atoms with Gasteiger partial charge in [0.05, 0.1) is 5.56 Å². The van der Waals surface area contributed by atoms with Crippen molar-refractivity contribution in [3.63, 3.8) is 0 Å². The lowest BCUT2D eigenvalue weighted by atomic mass is 10.2. The Hall–Kier alpha value is -2.09. The molecule has 8 heteroatoms. The predicted molar refractivity (Wildman–Crippen MR) is 81.3 cm³/mol. The molecule has 2 aromatic rings. The monoisotopic (exact) mass is 353 g/mol. The number of ether oxygens (including phenoxy) is 1. The highest BCUT2D eigenvalue weighted by atomic mass is 79.9. The molecule has 0 fully saturated rings. The van der Waals surface area contributed by atoms with Crippen LogP contribution in [0.4, 0.5) is 0 Å². The van der Waals surface area contributed by atoms with Gasteiger partial charge in [0, 0.05) is 11.0 Å². The maximum atomic E-state index is 8.84. The molecular weight excluding hydrogens is 338 g/mol. The first-order valence-corrected chi connectivity index (χ1v) is 7.22. The maximum Gasteiger partial charge on any atom is 0.173 e. The van der Waals surface area contributed by atoms with Crippen LogP contribution in [0.3, 0.4) is 0 Å². The van der Waals surface area contributed by atoms with Crippen molar-refractivity contribution in [2.24, 2.45) is 10.9 Å². The Morgan fingerprint density at radius 1 is 1.52 bits per heavy atom. The molecule has 0 spiro atoms. The zero-order chi connectivity index (χ0) is 15.2. The molecule has 0 bridgehead atoms. The average molecular weight is 354 g/mol. The van der Waals surface area contributed by atoms with E-state index in [0.717, 1.165) is 23.3 Å². The summed E-state index contributed by atoms with van der Waals surface area (Å²) in [6, 6.07) is 5.29. The molecule has 1 aromatic carbocycles. The molecule has 0 atom stereocenters. The van der Waals surface area contributed by atoms with E-state index in [-0.39, 0.29) is 12.4 Å². The Morgan fingerprint density at radius 2 is 2.33 bits per heavy atom. The number of aromatic nitrogens is 3. The minimum absolute atomic E-state index is 0.0127. The maximum absolute atomic E-state index is 8.84. The number of aryl methyl sites for hydroxylation is 1. The van der Waals surface area contributed by atoms with Crippen LogP contribution in [0.1, 0.15) is 24.7 Å². The van der Waals surface area contributed by atoms with Gasteiger partial charge in [0.1, 0.15) is 18.7 Å². The van der Waals surface area contributed by atoms with Crippen molar-refractivity contribution in [2.45, 2.75) is 26.5 Å². The second-order valence-electron chi connectivity index (χ2n) is 4.31. The van der Waals surface area contributed by atoms with Crippen LogP contribution in [-0.4, -0.2) is 25.8 Å². The summed E-state index contributed by atoms with van der Waals surface area (Å²) in [4.78, 5) is 4.17. The summed E-state index contributed by atoms with van der Waals surface area (Å²) in [7, 11) is 0. The van der Waals surface area contributed by atoms with Crippen molar-refractivity contribution in [3.8, 4) is 5.75 Å². The molecular formula is C13H16BrN5O2. The van der Waals surface area contributed by atoms with E-state index in [1.165, 1.54) is 6.33 Å². The summed E-state index contributed by atoms with van der Waals surface area (Å²) < 4.78 is 8.33. The van der Waals surface area contributed by atoms with E-state index in [0.29, 0.717) is 11.3 Å². The molecule has 112 valence electrons. The fraction of sp³-hybridized carbons (Fsp3) is 0.308. The largest absolute Gasteiger partial charge is 0.485 e. The van der Waals surface area contributed by atoms with E-state index in [1.54, 1.807) is 16.8 Å². The second-order valence-corrected chi connectivity index (χ2v) is 5.23. The zero-order valence-corrected chi connectivity index (χ0v) is 13.1. The molecule has 1 aromatic heterocycles. The molecule has 0 aliphatic rings. The zero-order valence-electron chi connectivity index (χ0n) is 11.5. The van der Waals surface area contributed by atoms with Crippen LogP contribution in [0.15, 0.2) is 34.2 Å². The lowest BCUT2D eigenvalue weighted by Crippen LogP contribution is -2.15. The van der Waals surface area contributed by atoms with Gasteiger partial charge >= 0.3 is 0 Å². The van der Waals surface area contributed by atoms with Gasteiger partial charge < -0.3 is 15.7 Å². The normalized spacial score (nSPS) is 11.6. The molecule has 0 aliphatic heterocycles. The summed E-state index contributed by atoms with van der Waals surface area (Å²) in [6.45, 7) is 3.11. The van der Waals surface area contributed by atoms with Crippen LogP contribution >= 0.6 is 15.9 Å². The van der Waals surface area contributed by atoms with Crippen LogP contribution in [0, 0.1) is 0 Å². The van der Waals surface area contributed by atoms with Gasteiger partial charge in [0.25, 0.3) is 0 Å². The van der Waals surface area contributed by atoms with Gasteiger partial charge in [-0.15, -0.1) is 0 Å². The third kappa shape index (κ3) is 3.72. The van der Waals surface area contributed by atoms with Gasteiger partial charge in [0.15, 0.2) is 11.7 Å². The number of amidine groups is 1. The molecule has 0 radical (unpaired) electrons. The van der Waals surface area contributed by atoms with Crippen molar-refractivity contribution < 1.29 is 9.94 Å². The lowest BCUT2D eigenvalue weighted by Gasteiger charge is -2.11. The molecule has 0 saturated heterocycles. The quantitative estimate of drug-likeness (QED) is 0.358. The first-order valence-electron chi connectivity index (χ1n) is 6.42. The van der Waals surface area contributed by atoms with Gasteiger partial charge in [0.2, 0.25) is 0 Å². The Bertz CT molecular complexity index is 641. The fourth-order valence-electron chi connectivity index (χ4n) is 1.82. The summed E-state index contributed by atoms with van der Waals surface area (Å²) in [5, 5.41) is 16.0. The lowest BCUT2D eigenvalue weighted by molar-refractivity contribution is 0.284. The predicted octanol–water partition coefficient (Wildman–Crippen LogP) is 2.12. The number of benzene rings is 1. The van der Waals surface area contributed by atoms with Crippen molar-refractivity contribution in [2.75, 3.05) is 0 Å². The highest BCUT2D eigenvalue weighted by Crippen LogP contribution is 2.23. The van der Waals surface area contributed by atoms with Gasteiger partial charge in [-0.3, -0.25) is 0 Å². The molecule has 21 heavy (non-hydrogen) atoms. The Labute approximate surface area is 130 Å². The molecule has 7 nitrogen and oxygen atoms in total. The fourth-order valence-corrected chi connectivity index (χ4v) is 2.18. The Balaban J connectivity index is 2.18. The van der Waals surface area contributed by atoms with Gasteiger partial charge in [-0.1, -0.05) is 28.0 Å². The first-order chi connectivity index (χ1) is 10.2. The first kappa shape index (κ1) is 15.3. The number of nitrogens with two attached hydrogens (primary N) is 1. The molecule has 0 unspecified atom stereocenters. The van der Waals surface area contributed by atoms with Gasteiger partial charge in [-0.25, -0.2) is 9.67 Å². The Morgan fingerprint density at radius 3 is 3.05 bits per heavy atom. The third-order valence-electron chi connectivity index (χ3n) is 2.81. The molecule has 0 saturated carbocycles. The summed E-state index contributed by atoms with van der Waals surface area (Å²) in [5.41, 5.74) is 6.16. The molecule has 0 amide bonds. The topological polar surface area (TPSA) is 98.5 Å². The molecule has 3 N–H and O–H groups in total. The van der Waals surface area contributed by atoms with Crippen LogP contribution < -0.4 is 10.5 Å². The SMILES string of the molecule is CCCn1ncnc1COc1ccc(Br)cc1/C(N)=N/O. The Kier molecular flexibility index (Phi) is 5.15. The van der Waals surface area contributed by atoms with Crippen LogP contribution in [0.25, 0.3) is 0 Å².